The molecule has 31 heavy (non-hydrogen) atoms. The number of alkyl halides is 2. The fraction of sp³-hybridized carbons (Fsp3) is 0.632. The van der Waals surface area contributed by atoms with Gasteiger partial charge in [-0.25, -0.2) is 9.40 Å². The second-order valence-corrected chi connectivity index (χ2v) is 9.00. The van der Waals surface area contributed by atoms with E-state index >= 15 is 0 Å². The molecule has 10 nitrogen and oxygen atoms in total. The molecule has 0 spiro atoms. The van der Waals surface area contributed by atoms with E-state index in [1.807, 2.05) is 20.8 Å². The molecule has 3 atom stereocenters. The summed E-state index contributed by atoms with van der Waals surface area (Å²) in [5, 5.41) is 9.48. The van der Waals surface area contributed by atoms with Gasteiger partial charge in [0.1, 0.15) is 11.8 Å². The molecule has 0 radical (unpaired) electrons. The summed E-state index contributed by atoms with van der Waals surface area (Å²) in [6.45, 7) is 7.37. The van der Waals surface area contributed by atoms with Crippen molar-refractivity contribution in [1.29, 1.82) is 0 Å². The SMILES string of the molecule is Cc1cc(C(=O)NC(CC(C)(C)C)C(=O)NN(C[C@H]2CCNC2=O)C(=O)C(F)Cl)no1. The van der Waals surface area contributed by atoms with E-state index in [2.05, 4.69) is 21.2 Å². The lowest BCUT2D eigenvalue weighted by molar-refractivity contribution is -0.145. The van der Waals surface area contributed by atoms with Gasteiger partial charge in [0, 0.05) is 12.6 Å². The topological polar surface area (TPSA) is 134 Å². The zero-order valence-corrected chi connectivity index (χ0v) is 18.6. The molecule has 1 aromatic rings. The minimum Gasteiger partial charge on any atom is -0.361 e. The number of hydrogen-bond acceptors (Lipinski definition) is 6. The van der Waals surface area contributed by atoms with Crippen LogP contribution in [0.15, 0.2) is 10.6 Å². The van der Waals surface area contributed by atoms with Crippen LogP contribution in [0.5, 0.6) is 0 Å². The number of aromatic nitrogens is 1. The highest BCUT2D eigenvalue weighted by Gasteiger charge is 2.34. The van der Waals surface area contributed by atoms with E-state index in [9.17, 15) is 23.6 Å². The summed E-state index contributed by atoms with van der Waals surface area (Å²) in [5.41, 5.74) is -0.486. The summed E-state index contributed by atoms with van der Waals surface area (Å²) >= 11 is 5.28. The quantitative estimate of drug-likeness (QED) is 0.412. The fourth-order valence-electron chi connectivity index (χ4n) is 3.09. The Kier molecular flexibility index (Phi) is 7.99. The molecule has 12 heteroatoms. The van der Waals surface area contributed by atoms with E-state index in [0.29, 0.717) is 23.7 Å². The third-order valence-electron chi connectivity index (χ3n) is 4.56. The first-order valence-electron chi connectivity index (χ1n) is 9.79. The van der Waals surface area contributed by atoms with Gasteiger partial charge in [0.25, 0.3) is 23.4 Å². The van der Waals surface area contributed by atoms with Crippen LogP contribution in [0.2, 0.25) is 0 Å². The molecule has 3 N–H and O–H groups in total. The van der Waals surface area contributed by atoms with Crippen LogP contribution < -0.4 is 16.1 Å². The first kappa shape index (κ1) is 24.6. The molecule has 1 aliphatic heterocycles. The summed E-state index contributed by atoms with van der Waals surface area (Å²) in [6.07, 6.45) is 0.624. The number of carbonyl (C=O) groups excluding carboxylic acids is 4. The van der Waals surface area contributed by atoms with Crippen molar-refractivity contribution >= 4 is 35.2 Å². The molecule has 2 heterocycles. The number of nitrogens with one attached hydrogen (secondary N) is 3. The maximum Gasteiger partial charge on any atom is 0.291 e. The minimum atomic E-state index is -2.40. The Morgan fingerprint density at radius 2 is 2.10 bits per heavy atom. The number of amides is 4. The Bertz CT molecular complexity index is 838. The molecule has 0 aromatic carbocycles. The lowest BCUT2D eigenvalue weighted by Gasteiger charge is -2.30. The van der Waals surface area contributed by atoms with Gasteiger partial charge in [-0.3, -0.25) is 24.6 Å². The summed E-state index contributed by atoms with van der Waals surface area (Å²) in [4.78, 5) is 49.5. The highest BCUT2D eigenvalue weighted by atomic mass is 35.5. The van der Waals surface area contributed by atoms with Crippen molar-refractivity contribution in [2.75, 3.05) is 13.1 Å². The summed E-state index contributed by atoms with van der Waals surface area (Å²) in [6, 6.07) is 0.336. The van der Waals surface area contributed by atoms with Gasteiger partial charge in [-0.2, -0.15) is 0 Å². The third-order valence-corrected chi connectivity index (χ3v) is 4.75. The van der Waals surface area contributed by atoms with E-state index in [1.54, 1.807) is 6.92 Å². The Morgan fingerprint density at radius 1 is 1.42 bits per heavy atom. The molecule has 2 unspecified atom stereocenters. The van der Waals surface area contributed by atoms with E-state index < -0.39 is 35.3 Å². The lowest BCUT2D eigenvalue weighted by atomic mass is 9.87. The monoisotopic (exact) mass is 459 g/mol. The summed E-state index contributed by atoms with van der Waals surface area (Å²) in [7, 11) is 0. The summed E-state index contributed by atoms with van der Waals surface area (Å²) < 4.78 is 18.4. The molecule has 1 aromatic heterocycles. The molecule has 0 aliphatic carbocycles. The van der Waals surface area contributed by atoms with Crippen molar-refractivity contribution in [1.82, 2.24) is 26.2 Å². The maximum absolute atomic E-state index is 13.5. The Balaban J connectivity index is 2.17. The predicted molar refractivity (Wildman–Crippen MR) is 108 cm³/mol. The molecule has 1 saturated heterocycles. The van der Waals surface area contributed by atoms with Crippen LogP contribution in [-0.4, -0.2) is 58.6 Å². The average Bonchev–Trinajstić information content (AvgIpc) is 3.27. The van der Waals surface area contributed by atoms with E-state index in [1.165, 1.54) is 6.07 Å². The number of hydrogen-bond donors (Lipinski definition) is 3. The molecule has 0 saturated carbocycles. The van der Waals surface area contributed by atoms with E-state index in [0.717, 1.165) is 0 Å². The van der Waals surface area contributed by atoms with Crippen LogP contribution in [0.4, 0.5) is 4.39 Å². The normalized spacial score (nSPS) is 18.1. The zero-order valence-electron chi connectivity index (χ0n) is 17.8. The van der Waals surface area contributed by atoms with E-state index in [-0.39, 0.29) is 30.0 Å². The van der Waals surface area contributed by atoms with Gasteiger partial charge in [-0.1, -0.05) is 37.5 Å². The molecule has 172 valence electrons. The van der Waals surface area contributed by atoms with Crippen molar-refractivity contribution in [3.8, 4) is 0 Å². The van der Waals surface area contributed by atoms with Gasteiger partial charge in [-0.05, 0) is 25.2 Å². The second kappa shape index (κ2) is 10.1. The summed E-state index contributed by atoms with van der Waals surface area (Å²) in [5.74, 6) is -3.11. The number of hydrazine groups is 1. The van der Waals surface area contributed by atoms with Gasteiger partial charge in [0.15, 0.2) is 5.69 Å². The number of nitrogens with zero attached hydrogens (tertiary/aromatic N) is 2. The average molecular weight is 460 g/mol. The van der Waals surface area contributed by atoms with Crippen LogP contribution in [0.25, 0.3) is 0 Å². The Labute approximate surface area is 184 Å². The maximum atomic E-state index is 13.5. The minimum absolute atomic E-state index is 0.00986. The zero-order chi connectivity index (χ0) is 23.3. The molecule has 4 amide bonds. The number of halogens is 2. The highest BCUT2D eigenvalue weighted by molar-refractivity contribution is 6.29. The molecule has 2 rings (SSSR count). The van der Waals surface area contributed by atoms with Gasteiger partial charge >= 0.3 is 0 Å². The molecule has 1 aliphatic rings. The van der Waals surface area contributed by atoms with Gasteiger partial charge < -0.3 is 15.2 Å². The van der Waals surface area contributed by atoms with E-state index in [4.69, 9.17) is 16.1 Å². The molecular weight excluding hydrogens is 433 g/mol. The van der Waals surface area contributed by atoms with Crippen LogP contribution in [0, 0.1) is 18.3 Å². The second-order valence-electron chi connectivity index (χ2n) is 8.62. The van der Waals surface area contributed by atoms with Crippen molar-refractivity contribution < 1.29 is 28.1 Å². The largest absolute Gasteiger partial charge is 0.361 e. The standard InChI is InChI=1S/C19H27ClFN5O5/c1-10-7-12(25-31-10)16(28)23-13(8-19(2,3)4)17(29)24-26(18(30)14(20)21)9-11-5-6-22-15(11)27/h7,11,13-14H,5-6,8-9H2,1-4H3,(H,22,27)(H,23,28)(H,24,29)/t11-,13?,14?/m1/s1. The number of carbonyl (C=O) groups is 4. The van der Waals surface area contributed by atoms with Crippen LogP contribution >= 0.6 is 11.6 Å². The number of aryl methyl sites for hydroxylation is 1. The lowest BCUT2D eigenvalue weighted by Crippen LogP contribution is -2.57. The van der Waals surface area contributed by atoms with Crippen LogP contribution in [-0.2, 0) is 14.4 Å². The number of rotatable bonds is 7. The highest BCUT2D eigenvalue weighted by Crippen LogP contribution is 2.22. The van der Waals surface area contributed by atoms with Gasteiger partial charge in [-0.15, -0.1) is 0 Å². The third kappa shape index (κ3) is 7.20. The van der Waals surface area contributed by atoms with Crippen molar-refractivity contribution in [3.63, 3.8) is 0 Å². The molecule has 0 bridgehead atoms. The van der Waals surface area contributed by atoms with Gasteiger partial charge in [0.05, 0.1) is 12.5 Å². The van der Waals surface area contributed by atoms with Crippen LogP contribution in [0.1, 0.15) is 49.9 Å². The van der Waals surface area contributed by atoms with Gasteiger partial charge in [0.2, 0.25) is 5.91 Å². The predicted octanol–water partition coefficient (Wildman–Crippen LogP) is 1.05. The smallest absolute Gasteiger partial charge is 0.291 e. The fourth-order valence-corrected chi connectivity index (χ4v) is 3.20. The van der Waals surface area contributed by atoms with Crippen molar-refractivity contribution in [2.24, 2.45) is 11.3 Å². The Hall–Kier alpha value is -2.69. The molecule has 1 fully saturated rings. The molecular formula is C19H27ClFN5O5. The van der Waals surface area contributed by atoms with Crippen molar-refractivity contribution in [3.05, 3.63) is 17.5 Å². The first-order valence-corrected chi connectivity index (χ1v) is 10.2. The Morgan fingerprint density at radius 3 is 2.58 bits per heavy atom. The van der Waals surface area contributed by atoms with Crippen molar-refractivity contribution in [2.45, 2.75) is 52.2 Å². The first-order chi connectivity index (χ1) is 14.4. The van der Waals surface area contributed by atoms with Crippen LogP contribution in [0.3, 0.4) is 0 Å².